The number of esters is 3. The molecule has 41 nitrogen and oxygen atoms in total. The first kappa shape index (κ1) is 75.8. The third kappa shape index (κ3) is 34.0. The van der Waals surface area contributed by atoms with Gasteiger partial charge < -0.3 is 96.6 Å². The number of carbonyl (C=O) groups is 3. The SMILES string of the molecule is [B]C1CC(OC(=O)COC)C(COP(=O)(O)OP(=O)(O)OP(=O)(O)O)O1.[B]C1CC(OC(=O)COc2ccccc2)C(COP(=O)(O)OP(=O)(O)OP(=O)(O)O)O1.[B]C1CC(OC(C)=O)C(COP(=O)(O)OP(=O)(O)OP(=O)(O)O)O1. The van der Waals surface area contributed by atoms with E-state index in [0.717, 1.165) is 6.92 Å². The molecule has 0 amide bonds. The molecule has 53 heteroatoms. The minimum atomic E-state index is -5.65. The summed E-state index contributed by atoms with van der Waals surface area (Å²) in [5, 5.41) is 0. The highest BCUT2D eigenvalue weighted by Crippen LogP contribution is 2.68. The summed E-state index contributed by atoms with van der Waals surface area (Å²) in [5.74, 6) is -1.81. The fraction of sp³-hybridized carbons (Fsp3) is 0.679. The summed E-state index contributed by atoms with van der Waals surface area (Å²) in [6.45, 7) is -2.01. The van der Waals surface area contributed by atoms with Gasteiger partial charge in [-0.1, -0.05) is 18.2 Å². The highest BCUT2D eigenvalue weighted by Gasteiger charge is 2.46. The molecular weight excluding hydrogens is 1300 g/mol. The van der Waals surface area contributed by atoms with Crippen molar-refractivity contribution in [1.82, 2.24) is 0 Å². The normalized spacial score (nSPS) is 27.6. The van der Waals surface area contributed by atoms with E-state index in [2.05, 4.69) is 44.2 Å². The van der Waals surface area contributed by atoms with E-state index in [0.29, 0.717) is 5.75 Å². The third-order valence-corrected chi connectivity index (χ3v) is 19.8. The van der Waals surface area contributed by atoms with Crippen molar-refractivity contribution in [3.63, 3.8) is 0 Å². The molecule has 12 N–H and O–H groups in total. The minimum Gasteiger partial charge on any atom is -0.482 e. The van der Waals surface area contributed by atoms with Crippen molar-refractivity contribution in [3.05, 3.63) is 30.3 Å². The third-order valence-electron chi connectivity index (χ3n) is 8.39. The van der Waals surface area contributed by atoms with E-state index in [4.69, 9.17) is 101 Å². The molecule has 15 unspecified atom stereocenters. The number of ether oxygens (including phenoxy) is 8. The van der Waals surface area contributed by atoms with Gasteiger partial charge >= 0.3 is 88.3 Å². The number of carbonyl (C=O) groups excluding carboxylic acids is 3. The van der Waals surface area contributed by atoms with Crippen LogP contribution in [0.1, 0.15) is 26.2 Å². The average molecular weight is 1350 g/mol. The van der Waals surface area contributed by atoms with Gasteiger partial charge in [0.15, 0.2) is 6.61 Å². The number of phosphoric acid groups is 9. The molecule has 0 saturated carbocycles. The zero-order chi connectivity index (χ0) is 62.2. The molecule has 1 aromatic rings. The van der Waals surface area contributed by atoms with Gasteiger partial charge in [-0.25, -0.2) is 50.7 Å². The second-order valence-electron chi connectivity index (χ2n) is 15.2. The van der Waals surface area contributed by atoms with Crippen LogP contribution in [-0.2, 0) is 128 Å². The van der Waals surface area contributed by atoms with E-state index in [-0.39, 0.29) is 25.9 Å². The van der Waals surface area contributed by atoms with E-state index in [9.17, 15) is 70.1 Å². The largest absolute Gasteiger partial charge is 0.490 e. The van der Waals surface area contributed by atoms with Crippen molar-refractivity contribution in [2.75, 3.05) is 40.1 Å². The predicted octanol–water partition coefficient (Wildman–Crippen LogP) is -0.680. The number of para-hydroxylation sites is 1. The topological polar surface area (TPSA) is 605 Å². The van der Waals surface area contributed by atoms with Gasteiger partial charge in [0.05, 0.1) is 19.8 Å². The molecule has 81 heavy (non-hydrogen) atoms. The summed E-state index contributed by atoms with van der Waals surface area (Å²) in [6.07, 6.45) is -6.16. The minimum absolute atomic E-state index is 0.00149. The number of methoxy groups -OCH3 is 1. The highest BCUT2D eigenvalue weighted by molar-refractivity contribution is 7.67. The van der Waals surface area contributed by atoms with Crippen LogP contribution in [0, 0.1) is 0 Å². The van der Waals surface area contributed by atoms with Crippen molar-refractivity contribution >= 4 is 112 Å². The summed E-state index contributed by atoms with van der Waals surface area (Å²) >= 11 is 0. The molecule has 0 aliphatic carbocycles. The number of phosphoric ester groups is 3. The van der Waals surface area contributed by atoms with Crippen LogP contribution in [0.4, 0.5) is 0 Å². The first-order chi connectivity index (χ1) is 36.7. The molecule has 460 valence electrons. The zero-order valence-electron chi connectivity index (χ0n) is 40.7. The van der Waals surface area contributed by atoms with Crippen LogP contribution < -0.4 is 4.74 Å². The first-order valence-corrected chi connectivity index (χ1v) is 34.5. The lowest BCUT2D eigenvalue weighted by Gasteiger charge is -2.21. The Hall–Kier alpha value is -1.31. The number of hydrogen-bond acceptors (Lipinski definition) is 29. The van der Waals surface area contributed by atoms with Gasteiger partial charge in [0.25, 0.3) is 0 Å². The van der Waals surface area contributed by atoms with Gasteiger partial charge in [0.1, 0.15) is 72.5 Å². The first-order valence-electron chi connectivity index (χ1n) is 21.0. The molecule has 0 spiro atoms. The van der Waals surface area contributed by atoms with Crippen LogP contribution in [0.5, 0.6) is 5.75 Å². The molecule has 1 aromatic carbocycles. The van der Waals surface area contributed by atoms with Gasteiger partial charge in [-0.05, 0) is 12.1 Å². The van der Waals surface area contributed by atoms with Gasteiger partial charge in [-0.15, -0.1) is 0 Å². The fourth-order valence-electron chi connectivity index (χ4n) is 5.87. The average Bonchev–Trinajstić information content (AvgIpc) is 3.90. The smallest absolute Gasteiger partial charge is 0.482 e. The van der Waals surface area contributed by atoms with Crippen LogP contribution in [0.2, 0.25) is 0 Å². The lowest BCUT2D eigenvalue weighted by Crippen LogP contribution is -2.32. The van der Waals surface area contributed by atoms with E-state index >= 15 is 0 Å². The molecular formula is C28H48B3O41P9. The lowest BCUT2D eigenvalue weighted by molar-refractivity contribution is -0.157. The Morgan fingerprint density at radius 1 is 0.469 bits per heavy atom. The predicted molar refractivity (Wildman–Crippen MR) is 256 cm³/mol. The Morgan fingerprint density at radius 3 is 1.05 bits per heavy atom. The second-order valence-corrected chi connectivity index (χ2v) is 28.5. The maximum atomic E-state index is 12.0. The maximum Gasteiger partial charge on any atom is 0.490 e. The molecule has 6 radical (unpaired) electrons. The molecule has 3 fully saturated rings. The fourth-order valence-corrected chi connectivity index (χ4v) is 15.0. The van der Waals surface area contributed by atoms with Crippen molar-refractivity contribution in [3.8, 4) is 5.75 Å². The summed E-state index contributed by atoms with van der Waals surface area (Å²) in [4.78, 5) is 140. The summed E-state index contributed by atoms with van der Waals surface area (Å²) < 4.78 is 175. The molecule has 3 heterocycles. The summed E-state index contributed by atoms with van der Waals surface area (Å²) in [7, 11) is -31.4. The van der Waals surface area contributed by atoms with Crippen LogP contribution >= 0.6 is 70.4 Å². The van der Waals surface area contributed by atoms with E-state index in [1.165, 1.54) is 7.11 Å². The lowest BCUT2D eigenvalue weighted by atomic mass is 9.96. The monoisotopic (exact) mass is 1350 g/mol. The highest BCUT2D eigenvalue weighted by atomic mass is 31.3. The standard InChI is InChI=1S/C13H18BO14P3.C8H16BO14P3.C7H14BO13P3/c14-12-6-10(26-13(15)8-23-9-4-2-1-3-5-9)11(25-12)7-24-30(19,20)28-31(21,22)27-29(16,17)18;1-18-4-8(10)21-5-2-7(9)20-6(5)3-19-25(14,15)23-26(16,17)22-24(11,12)13;1-4(9)18-5-2-7(8)19-6(5)3-17-23(13,14)21-24(15,16)20-22(10,11)12/h1-5,10-12H,6-8H2,(H,19,20)(H,21,22)(H2,16,17,18);5-7H,2-4H2,1H3,(H,14,15)(H,16,17)(H2,11,12,13);5-7H,2-3H2,1H3,(H,13,14)(H,15,16)(H2,10,11,12). The van der Waals surface area contributed by atoms with E-state index in [1.54, 1.807) is 30.3 Å². The summed E-state index contributed by atoms with van der Waals surface area (Å²) in [6, 6.07) is 5.74. The van der Waals surface area contributed by atoms with Crippen molar-refractivity contribution in [2.45, 2.75) is 80.8 Å². The van der Waals surface area contributed by atoms with E-state index in [1.807, 2.05) is 0 Å². The van der Waals surface area contributed by atoms with Gasteiger partial charge in [-0.2, -0.15) is 25.9 Å². The van der Waals surface area contributed by atoms with Crippen LogP contribution in [0.25, 0.3) is 0 Å². The van der Waals surface area contributed by atoms with Crippen molar-refractivity contribution in [1.29, 1.82) is 0 Å². The van der Waals surface area contributed by atoms with Gasteiger partial charge in [0, 0.05) is 51.3 Å². The Bertz CT molecular complexity index is 2690. The van der Waals surface area contributed by atoms with Crippen LogP contribution in [0.3, 0.4) is 0 Å². The molecule has 0 bridgehead atoms. The molecule has 3 aliphatic rings. The van der Waals surface area contributed by atoms with Gasteiger partial charge in [0.2, 0.25) is 0 Å². The molecule has 3 saturated heterocycles. The molecule has 0 aromatic heterocycles. The Labute approximate surface area is 459 Å². The maximum absolute atomic E-state index is 12.0. The molecule has 3 aliphatic heterocycles. The van der Waals surface area contributed by atoms with Crippen LogP contribution in [0.15, 0.2) is 30.3 Å². The zero-order valence-corrected chi connectivity index (χ0v) is 48.8. The van der Waals surface area contributed by atoms with Gasteiger partial charge in [-0.3, -0.25) is 18.4 Å². The second kappa shape index (κ2) is 32.1. The molecule has 15 atom stereocenters. The quantitative estimate of drug-likeness (QED) is 0.0205. The van der Waals surface area contributed by atoms with Crippen LogP contribution in [-0.4, -0.2) is 195 Å². The van der Waals surface area contributed by atoms with Crippen molar-refractivity contribution < 1.29 is 192 Å². The number of rotatable bonds is 29. The van der Waals surface area contributed by atoms with E-state index < -0.39 is 169 Å². The molecule has 4 rings (SSSR count). The Morgan fingerprint density at radius 2 is 0.765 bits per heavy atom. The summed E-state index contributed by atoms with van der Waals surface area (Å²) in [5.41, 5.74) is 0. The number of hydrogen-bond donors (Lipinski definition) is 12. The van der Waals surface area contributed by atoms with Crippen molar-refractivity contribution in [2.24, 2.45) is 0 Å². The Kier molecular flexibility index (Phi) is 30.0. The number of benzene rings is 1. The Balaban J connectivity index is 0.000000419.